The molecule has 0 bridgehead atoms. The third-order valence-electron chi connectivity index (χ3n) is 4.27. The molecule has 9 heteroatoms. The quantitative estimate of drug-likeness (QED) is 0.785. The average Bonchev–Trinajstić information content (AvgIpc) is 2.64. The minimum Gasteiger partial charge on any atom is -0.369 e. The molecule has 5 nitrogen and oxygen atoms in total. The molecule has 0 atom stereocenters. The van der Waals surface area contributed by atoms with Gasteiger partial charge in [0, 0.05) is 42.5 Å². The summed E-state index contributed by atoms with van der Waals surface area (Å²) in [4.78, 5) is 20.1. The van der Waals surface area contributed by atoms with Gasteiger partial charge in [0.05, 0.1) is 12.1 Å². The second-order valence-corrected chi connectivity index (χ2v) is 7.14. The van der Waals surface area contributed by atoms with E-state index in [-0.39, 0.29) is 12.5 Å². The van der Waals surface area contributed by atoms with Crippen molar-refractivity contribution in [2.24, 2.45) is 0 Å². The molecule has 0 spiro atoms. The molecule has 1 aliphatic rings. The van der Waals surface area contributed by atoms with Crippen LogP contribution in [0, 0.1) is 0 Å². The fourth-order valence-electron chi connectivity index (χ4n) is 2.88. The van der Waals surface area contributed by atoms with Crippen LogP contribution in [-0.2, 0) is 11.0 Å². The van der Waals surface area contributed by atoms with Crippen molar-refractivity contribution < 1.29 is 18.0 Å². The number of nitrogens with one attached hydrogen (secondary N) is 1. The van der Waals surface area contributed by atoms with Crippen LogP contribution in [0.4, 0.5) is 24.7 Å². The van der Waals surface area contributed by atoms with E-state index in [1.54, 1.807) is 24.4 Å². The lowest BCUT2D eigenvalue weighted by atomic mass is 10.1. The maximum absolute atomic E-state index is 12.9. The van der Waals surface area contributed by atoms with Crippen LogP contribution >= 0.6 is 15.9 Å². The number of benzene rings is 1. The lowest BCUT2D eigenvalue weighted by Crippen LogP contribution is -2.48. The Labute approximate surface area is 163 Å². The number of piperazine rings is 1. The zero-order chi connectivity index (χ0) is 19.4. The summed E-state index contributed by atoms with van der Waals surface area (Å²) in [6.45, 7) is 2.53. The van der Waals surface area contributed by atoms with Crippen molar-refractivity contribution in [2.75, 3.05) is 42.9 Å². The van der Waals surface area contributed by atoms with Crippen molar-refractivity contribution in [3.8, 4) is 0 Å². The lowest BCUT2D eigenvalue weighted by Gasteiger charge is -2.35. The summed E-state index contributed by atoms with van der Waals surface area (Å²) in [5.41, 5.74) is -0.100. The van der Waals surface area contributed by atoms with Gasteiger partial charge in [0.1, 0.15) is 5.82 Å². The van der Waals surface area contributed by atoms with Crippen LogP contribution in [0.5, 0.6) is 0 Å². The Morgan fingerprint density at radius 1 is 1.15 bits per heavy atom. The first-order chi connectivity index (χ1) is 12.8. The van der Waals surface area contributed by atoms with Gasteiger partial charge in [-0.2, -0.15) is 13.2 Å². The number of halogens is 4. The topological polar surface area (TPSA) is 48.5 Å². The number of rotatable bonds is 4. The van der Waals surface area contributed by atoms with Crippen LogP contribution in [0.15, 0.2) is 47.1 Å². The van der Waals surface area contributed by atoms with Crippen molar-refractivity contribution in [1.82, 2.24) is 9.88 Å². The fourth-order valence-corrected chi connectivity index (χ4v) is 3.11. The smallest absolute Gasteiger partial charge is 0.369 e. The molecule has 0 aliphatic carbocycles. The number of nitrogens with zero attached hydrogens (tertiary/aromatic N) is 3. The molecule has 1 amide bonds. The number of alkyl halides is 3. The van der Waals surface area contributed by atoms with E-state index in [9.17, 15) is 18.0 Å². The van der Waals surface area contributed by atoms with Gasteiger partial charge in [-0.25, -0.2) is 4.98 Å². The zero-order valence-corrected chi connectivity index (χ0v) is 15.9. The van der Waals surface area contributed by atoms with Crippen LogP contribution in [0.25, 0.3) is 0 Å². The molecule has 2 heterocycles. The van der Waals surface area contributed by atoms with E-state index in [4.69, 9.17) is 0 Å². The van der Waals surface area contributed by atoms with Gasteiger partial charge in [-0.15, -0.1) is 0 Å². The molecule has 1 N–H and O–H groups in total. The van der Waals surface area contributed by atoms with Gasteiger partial charge in [-0.3, -0.25) is 9.69 Å². The van der Waals surface area contributed by atoms with Gasteiger partial charge < -0.3 is 10.2 Å². The van der Waals surface area contributed by atoms with Gasteiger partial charge in [0.15, 0.2) is 0 Å². The minimum atomic E-state index is -4.35. The van der Waals surface area contributed by atoms with E-state index >= 15 is 0 Å². The fraction of sp³-hybridized carbons (Fsp3) is 0.333. The number of carbonyl (C=O) groups excluding carboxylic acids is 1. The first kappa shape index (κ1) is 19.6. The molecule has 0 saturated carbocycles. The Bertz CT molecular complexity index is 790. The van der Waals surface area contributed by atoms with Gasteiger partial charge in [0.2, 0.25) is 5.91 Å². The molecule has 1 aromatic carbocycles. The molecular weight excluding hydrogens is 425 g/mol. The Hall–Kier alpha value is -2.13. The highest BCUT2D eigenvalue weighted by atomic mass is 79.9. The van der Waals surface area contributed by atoms with Crippen LogP contribution in [0.3, 0.4) is 0 Å². The number of hydrogen-bond donors (Lipinski definition) is 1. The normalized spacial score (nSPS) is 15.6. The predicted octanol–water partition coefficient (Wildman–Crippen LogP) is 3.62. The molecule has 144 valence electrons. The van der Waals surface area contributed by atoms with Gasteiger partial charge in [-0.05, 0) is 46.3 Å². The summed E-state index contributed by atoms with van der Waals surface area (Å²) in [6, 6.07) is 8.83. The summed E-state index contributed by atoms with van der Waals surface area (Å²) < 4.78 is 39.4. The summed E-state index contributed by atoms with van der Waals surface area (Å²) in [6.07, 6.45) is -2.75. The van der Waals surface area contributed by atoms with Crippen molar-refractivity contribution in [3.63, 3.8) is 0 Å². The Morgan fingerprint density at radius 3 is 2.52 bits per heavy atom. The first-order valence-electron chi connectivity index (χ1n) is 8.37. The van der Waals surface area contributed by atoms with Crippen molar-refractivity contribution in [1.29, 1.82) is 0 Å². The van der Waals surface area contributed by atoms with Crippen molar-refractivity contribution >= 4 is 33.3 Å². The highest BCUT2D eigenvalue weighted by molar-refractivity contribution is 9.10. The molecule has 1 aliphatic heterocycles. The van der Waals surface area contributed by atoms with Crippen LogP contribution in [0.1, 0.15) is 5.56 Å². The largest absolute Gasteiger partial charge is 0.416 e. The lowest BCUT2D eigenvalue weighted by molar-refractivity contribution is -0.137. The van der Waals surface area contributed by atoms with Gasteiger partial charge in [0.25, 0.3) is 0 Å². The molecule has 3 rings (SSSR count). The number of aromatic nitrogens is 1. The standard InChI is InChI=1S/C18H18BrF3N4O/c19-14-4-5-16(23-11-14)24-17(27)12-25-6-8-26(9-7-25)15-3-1-2-13(10-15)18(20,21)22/h1-5,10-11H,6-9,12H2,(H,23,24,27). The molecule has 0 radical (unpaired) electrons. The maximum Gasteiger partial charge on any atom is 0.416 e. The number of anilines is 2. The molecule has 27 heavy (non-hydrogen) atoms. The van der Waals surface area contributed by atoms with E-state index < -0.39 is 11.7 Å². The molecule has 1 saturated heterocycles. The summed E-state index contributed by atoms with van der Waals surface area (Å²) in [5.74, 6) is 0.308. The van der Waals surface area contributed by atoms with Crippen molar-refractivity contribution in [3.05, 3.63) is 52.6 Å². The third-order valence-corrected chi connectivity index (χ3v) is 4.74. The van der Waals surface area contributed by atoms with E-state index in [1.807, 2.05) is 9.80 Å². The minimum absolute atomic E-state index is 0.169. The molecule has 0 unspecified atom stereocenters. The Kier molecular flexibility index (Phi) is 6.01. The van der Waals surface area contributed by atoms with Gasteiger partial charge in [-0.1, -0.05) is 6.07 Å². The van der Waals surface area contributed by atoms with E-state index in [1.165, 1.54) is 12.1 Å². The van der Waals surface area contributed by atoms with Crippen molar-refractivity contribution in [2.45, 2.75) is 6.18 Å². The Balaban J connectivity index is 1.51. The molecule has 1 fully saturated rings. The second-order valence-electron chi connectivity index (χ2n) is 6.22. The molecule has 2 aromatic rings. The van der Waals surface area contributed by atoms with Crippen LogP contribution in [0.2, 0.25) is 0 Å². The predicted molar refractivity (Wildman–Crippen MR) is 101 cm³/mol. The zero-order valence-electron chi connectivity index (χ0n) is 14.3. The van der Waals surface area contributed by atoms with E-state index in [0.717, 1.165) is 10.5 Å². The molecule has 1 aromatic heterocycles. The number of hydrogen-bond acceptors (Lipinski definition) is 4. The van der Waals surface area contributed by atoms with Crippen LogP contribution < -0.4 is 10.2 Å². The summed E-state index contributed by atoms with van der Waals surface area (Å²) >= 11 is 3.28. The number of amides is 1. The summed E-state index contributed by atoms with van der Waals surface area (Å²) in [5, 5.41) is 2.73. The van der Waals surface area contributed by atoms with E-state index in [0.29, 0.717) is 37.7 Å². The summed E-state index contributed by atoms with van der Waals surface area (Å²) in [7, 11) is 0. The Morgan fingerprint density at radius 2 is 1.89 bits per heavy atom. The second kappa shape index (κ2) is 8.26. The molecular formula is C18H18BrF3N4O. The van der Waals surface area contributed by atoms with Crippen LogP contribution in [-0.4, -0.2) is 48.5 Å². The average molecular weight is 443 g/mol. The number of carbonyl (C=O) groups is 1. The maximum atomic E-state index is 12.9. The third kappa shape index (κ3) is 5.43. The van der Waals surface area contributed by atoms with Gasteiger partial charge >= 0.3 is 6.18 Å². The monoisotopic (exact) mass is 442 g/mol. The van der Waals surface area contributed by atoms with E-state index in [2.05, 4.69) is 26.2 Å². The highest BCUT2D eigenvalue weighted by Gasteiger charge is 2.31. The highest BCUT2D eigenvalue weighted by Crippen LogP contribution is 2.31. The number of pyridine rings is 1. The SMILES string of the molecule is O=C(CN1CCN(c2cccc(C(F)(F)F)c2)CC1)Nc1ccc(Br)cn1. The first-order valence-corrected chi connectivity index (χ1v) is 9.16.